The fraction of sp³-hybridized carbons (Fsp3) is 1.00. The summed E-state index contributed by atoms with van der Waals surface area (Å²) in [6.07, 6.45) is 2.42. The van der Waals surface area contributed by atoms with Crippen LogP contribution in [0.25, 0.3) is 0 Å². The summed E-state index contributed by atoms with van der Waals surface area (Å²) >= 11 is 0. The summed E-state index contributed by atoms with van der Waals surface area (Å²) in [5.74, 6) is 0.588. The van der Waals surface area contributed by atoms with Gasteiger partial charge in [0.25, 0.3) is 0 Å². The third kappa shape index (κ3) is 3.74. The minimum atomic E-state index is -0.206. The van der Waals surface area contributed by atoms with Crippen LogP contribution in [0.4, 0.5) is 0 Å². The first-order valence-corrected chi connectivity index (χ1v) is 5.93. The lowest BCUT2D eigenvalue weighted by atomic mass is 9.95. The van der Waals surface area contributed by atoms with Gasteiger partial charge in [-0.1, -0.05) is 6.92 Å². The molecule has 0 bridgehead atoms. The summed E-state index contributed by atoms with van der Waals surface area (Å²) in [5, 5.41) is 13.0. The normalized spacial score (nSPS) is 21.4. The predicted octanol–water partition coefficient (Wildman–Crippen LogP) is 1.55. The van der Waals surface area contributed by atoms with Crippen molar-refractivity contribution in [2.24, 2.45) is 5.92 Å². The molecule has 1 rings (SSSR count). The van der Waals surface area contributed by atoms with Crippen molar-refractivity contribution in [3.63, 3.8) is 0 Å². The predicted molar refractivity (Wildman–Crippen MR) is 61.9 cm³/mol. The first kappa shape index (κ1) is 12.9. The van der Waals surface area contributed by atoms with Crippen LogP contribution >= 0.6 is 0 Å². The van der Waals surface area contributed by atoms with Crippen LogP contribution in [0, 0.1) is 5.92 Å². The Morgan fingerprint density at radius 1 is 1.33 bits per heavy atom. The molecule has 0 saturated heterocycles. The van der Waals surface area contributed by atoms with Crippen molar-refractivity contribution in [3.8, 4) is 0 Å². The highest BCUT2D eigenvalue weighted by atomic mass is 16.5. The van der Waals surface area contributed by atoms with Crippen molar-refractivity contribution in [2.45, 2.75) is 51.7 Å². The largest absolute Gasteiger partial charge is 0.394 e. The molecule has 0 aromatic carbocycles. The molecule has 0 aromatic rings. The molecule has 15 heavy (non-hydrogen) atoms. The van der Waals surface area contributed by atoms with Crippen molar-refractivity contribution >= 4 is 0 Å². The summed E-state index contributed by atoms with van der Waals surface area (Å²) in [6, 6.07) is 0. The second-order valence-corrected chi connectivity index (χ2v) is 5.52. The van der Waals surface area contributed by atoms with Crippen molar-refractivity contribution in [1.29, 1.82) is 0 Å². The maximum atomic E-state index is 9.57. The average molecular weight is 215 g/mol. The number of hydrogen-bond acceptors (Lipinski definition) is 3. The smallest absolute Gasteiger partial charge is 0.0680 e. The Kier molecular flexibility index (Phi) is 4.15. The Morgan fingerprint density at radius 3 is 2.27 bits per heavy atom. The van der Waals surface area contributed by atoms with Crippen LogP contribution in [0.15, 0.2) is 0 Å². The van der Waals surface area contributed by atoms with Crippen molar-refractivity contribution in [2.75, 3.05) is 19.8 Å². The highest BCUT2D eigenvalue weighted by molar-refractivity contribution is 5.01. The fourth-order valence-electron chi connectivity index (χ4n) is 1.88. The lowest BCUT2D eigenvalue weighted by Gasteiger charge is -2.35. The molecular weight excluding hydrogens is 190 g/mol. The van der Waals surface area contributed by atoms with E-state index in [-0.39, 0.29) is 17.7 Å². The lowest BCUT2D eigenvalue weighted by molar-refractivity contribution is -0.0549. The van der Waals surface area contributed by atoms with Crippen molar-refractivity contribution in [3.05, 3.63) is 0 Å². The molecule has 2 N–H and O–H groups in total. The van der Waals surface area contributed by atoms with E-state index in [1.165, 1.54) is 12.8 Å². The second kappa shape index (κ2) is 4.81. The van der Waals surface area contributed by atoms with Crippen LogP contribution in [0.1, 0.15) is 40.5 Å². The van der Waals surface area contributed by atoms with Crippen molar-refractivity contribution < 1.29 is 9.84 Å². The van der Waals surface area contributed by atoms with Crippen LogP contribution < -0.4 is 5.32 Å². The van der Waals surface area contributed by atoms with E-state index in [2.05, 4.69) is 12.2 Å². The van der Waals surface area contributed by atoms with Gasteiger partial charge in [-0.15, -0.1) is 0 Å². The molecule has 0 spiro atoms. The van der Waals surface area contributed by atoms with Crippen LogP contribution in [0.2, 0.25) is 0 Å². The van der Waals surface area contributed by atoms with E-state index in [0.717, 1.165) is 6.54 Å². The summed E-state index contributed by atoms with van der Waals surface area (Å²) in [5.41, 5.74) is -0.341. The van der Waals surface area contributed by atoms with Gasteiger partial charge in [-0.2, -0.15) is 0 Å². The van der Waals surface area contributed by atoms with Gasteiger partial charge in [0.1, 0.15) is 0 Å². The van der Waals surface area contributed by atoms with Gasteiger partial charge >= 0.3 is 0 Å². The molecular formula is C12H25NO2. The van der Waals surface area contributed by atoms with Gasteiger partial charge in [0.2, 0.25) is 0 Å². The number of aliphatic hydroxyl groups is 1. The summed E-state index contributed by atoms with van der Waals surface area (Å²) < 4.78 is 5.82. The van der Waals surface area contributed by atoms with E-state index < -0.39 is 0 Å². The monoisotopic (exact) mass is 215 g/mol. The topological polar surface area (TPSA) is 41.5 Å². The standard InChI is InChI=1S/C12H25NO2/c1-5-13-12(8-14,10-6-7-10)9-15-11(2,3)4/h10,13-14H,5-9H2,1-4H3. The molecule has 0 radical (unpaired) electrons. The molecule has 1 aliphatic carbocycles. The van der Waals surface area contributed by atoms with E-state index in [1.54, 1.807) is 0 Å². The fourth-order valence-corrected chi connectivity index (χ4v) is 1.88. The zero-order valence-electron chi connectivity index (χ0n) is 10.5. The number of rotatable bonds is 6. The van der Waals surface area contributed by atoms with E-state index in [0.29, 0.717) is 12.5 Å². The van der Waals surface area contributed by atoms with Crippen LogP contribution in [0.5, 0.6) is 0 Å². The van der Waals surface area contributed by atoms with Gasteiger partial charge in [0, 0.05) is 0 Å². The first-order valence-electron chi connectivity index (χ1n) is 5.93. The minimum absolute atomic E-state index is 0.134. The maximum Gasteiger partial charge on any atom is 0.0680 e. The maximum absolute atomic E-state index is 9.57. The van der Waals surface area contributed by atoms with Gasteiger partial charge in [0.15, 0.2) is 0 Å². The van der Waals surface area contributed by atoms with E-state index >= 15 is 0 Å². The highest BCUT2D eigenvalue weighted by Gasteiger charge is 2.45. The Bertz CT molecular complexity index is 196. The SMILES string of the molecule is CCNC(CO)(COC(C)(C)C)C1CC1. The van der Waals surface area contributed by atoms with Gasteiger partial charge in [-0.25, -0.2) is 0 Å². The third-order valence-corrected chi connectivity index (χ3v) is 2.93. The number of hydrogen-bond donors (Lipinski definition) is 2. The molecule has 0 amide bonds. The molecule has 1 unspecified atom stereocenters. The molecule has 0 aliphatic heterocycles. The number of ether oxygens (including phenoxy) is 1. The van der Waals surface area contributed by atoms with Gasteiger partial charge in [-0.3, -0.25) is 0 Å². The molecule has 3 heteroatoms. The van der Waals surface area contributed by atoms with Gasteiger partial charge in [-0.05, 0) is 46.1 Å². The zero-order valence-corrected chi connectivity index (χ0v) is 10.5. The Hall–Kier alpha value is -0.120. The molecule has 1 saturated carbocycles. The highest BCUT2D eigenvalue weighted by Crippen LogP contribution is 2.40. The second-order valence-electron chi connectivity index (χ2n) is 5.52. The summed E-state index contributed by atoms with van der Waals surface area (Å²) in [7, 11) is 0. The molecule has 0 heterocycles. The number of nitrogens with one attached hydrogen (secondary N) is 1. The Labute approximate surface area is 93.2 Å². The lowest BCUT2D eigenvalue weighted by Crippen LogP contribution is -2.55. The quantitative estimate of drug-likeness (QED) is 0.706. The minimum Gasteiger partial charge on any atom is -0.394 e. The first-order chi connectivity index (χ1) is 6.93. The summed E-state index contributed by atoms with van der Waals surface area (Å²) in [4.78, 5) is 0. The third-order valence-electron chi connectivity index (χ3n) is 2.93. The average Bonchev–Trinajstić information content (AvgIpc) is 2.94. The van der Waals surface area contributed by atoms with Gasteiger partial charge in [0.05, 0.1) is 24.4 Å². The van der Waals surface area contributed by atoms with E-state index in [9.17, 15) is 5.11 Å². The number of aliphatic hydroxyl groups excluding tert-OH is 1. The van der Waals surface area contributed by atoms with Gasteiger partial charge < -0.3 is 15.2 Å². The van der Waals surface area contributed by atoms with E-state index in [1.807, 2.05) is 20.8 Å². The van der Waals surface area contributed by atoms with Crippen LogP contribution in [-0.4, -0.2) is 36.0 Å². The molecule has 3 nitrogen and oxygen atoms in total. The van der Waals surface area contributed by atoms with Crippen molar-refractivity contribution in [1.82, 2.24) is 5.32 Å². The Morgan fingerprint density at radius 2 is 1.93 bits per heavy atom. The molecule has 0 aromatic heterocycles. The van der Waals surface area contributed by atoms with E-state index in [4.69, 9.17) is 4.74 Å². The molecule has 1 atom stereocenters. The van der Waals surface area contributed by atoms with Crippen LogP contribution in [-0.2, 0) is 4.74 Å². The molecule has 1 aliphatic rings. The molecule has 90 valence electrons. The van der Waals surface area contributed by atoms with Crippen LogP contribution in [0.3, 0.4) is 0 Å². The number of likely N-dealkylation sites (N-methyl/N-ethyl adjacent to an activating group) is 1. The Balaban J connectivity index is 2.55. The molecule has 1 fully saturated rings. The zero-order chi connectivity index (χ0) is 11.5. The summed E-state index contributed by atoms with van der Waals surface area (Å²) in [6.45, 7) is 9.87.